The van der Waals surface area contributed by atoms with Gasteiger partial charge < -0.3 is 10.1 Å². The van der Waals surface area contributed by atoms with E-state index in [9.17, 15) is 27.5 Å². The first-order valence-electron chi connectivity index (χ1n) is 6.34. The number of benzene rings is 1. The number of fused-ring (bicyclic) bond motifs is 1. The molecule has 0 aliphatic heterocycles. The Morgan fingerprint density at radius 2 is 2.00 bits per heavy atom. The van der Waals surface area contributed by atoms with Gasteiger partial charge >= 0.3 is 6.18 Å². The average molecular weight is 327 g/mol. The minimum atomic E-state index is -4.90. The lowest BCUT2D eigenvalue weighted by molar-refractivity contribution is -0.139. The maximum absolute atomic E-state index is 13.4. The minimum Gasteiger partial charge on any atom is -0.503 e. The number of nitrogens with zero attached hydrogens (tertiary/aromatic N) is 2. The third-order valence-corrected chi connectivity index (χ3v) is 3.44. The monoisotopic (exact) mass is 327 g/mol. The first-order chi connectivity index (χ1) is 10.7. The number of alkyl halides is 3. The fourth-order valence-corrected chi connectivity index (χ4v) is 2.28. The maximum atomic E-state index is 13.4. The van der Waals surface area contributed by atoms with Crippen molar-refractivity contribution in [3.63, 3.8) is 0 Å². The van der Waals surface area contributed by atoms with Crippen molar-refractivity contribution in [3.05, 3.63) is 46.0 Å². The first kappa shape index (κ1) is 15.1. The molecule has 0 aliphatic rings. The molecule has 1 aromatic carbocycles. The molecule has 0 fully saturated rings. The number of pyridine rings is 1. The molecule has 0 bridgehead atoms. The van der Waals surface area contributed by atoms with E-state index >= 15 is 0 Å². The fourth-order valence-electron chi connectivity index (χ4n) is 2.28. The third kappa shape index (κ3) is 2.33. The number of hydrogen-bond acceptors (Lipinski definition) is 3. The van der Waals surface area contributed by atoms with Gasteiger partial charge in [-0.25, -0.2) is 4.39 Å². The number of H-pyrrole nitrogens is 1. The molecule has 0 spiro atoms. The second kappa shape index (κ2) is 4.83. The summed E-state index contributed by atoms with van der Waals surface area (Å²) in [6.07, 6.45) is -3.67. The normalized spacial score (nSPS) is 12.0. The van der Waals surface area contributed by atoms with E-state index in [0.29, 0.717) is 12.1 Å². The molecule has 23 heavy (non-hydrogen) atoms. The van der Waals surface area contributed by atoms with Crippen LogP contribution in [0.3, 0.4) is 0 Å². The summed E-state index contributed by atoms with van der Waals surface area (Å²) in [5.74, 6) is -2.20. The maximum Gasteiger partial charge on any atom is 0.419 e. The van der Waals surface area contributed by atoms with Crippen LogP contribution < -0.4 is 5.43 Å². The van der Waals surface area contributed by atoms with E-state index in [2.05, 4.69) is 10.1 Å². The van der Waals surface area contributed by atoms with E-state index in [0.717, 1.165) is 6.07 Å². The van der Waals surface area contributed by atoms with Gasteiger partial charge in [-0.1, -0.05) is 0 Å². The van der Waals surface area contributed by atoms with E-state index in [-0.39, 0.29) is 22.3 Å². The highest BCUT2D eigenvalue weighted by molar-refractivity contribution is 5.82. The Kier molecular flexibility index (Phi) is 3.17. The summed E-state index contributed by atoms with van der Waals surface area (Å²) in [7, 11) is 1.52. The summed E-state index contributed by atoms with van der Waals surface area (Å²) in [5.41, 5.74) is -2.45. The van der Waals surface area contributed by atoms with E-state index in [1.165, 1.54) is 17.9 Å². The molecular formula is C14H9F4N3O2. The molecule has 0 atom stereocenters. The molecule has 3 rings (SSSR count). The Labute approximate surface area is 125 Å². The Hall–Kier alpha value is -2.84. The van der Waals surface area contributed by atoms with Crippen LogP contribution >= 0.6 is 0 Å². The van der Waals surface area contributed by atoms with E-state index in [4.69, 9.17) is 0 Å². The van der Waals surface area contributed by atoms with Crippen LogP contribution in [0.4, 0.5) is 17.6 Å². The van der Waals surface area contributed by atoms with Crippen LogP contribution in [0.5, 0.6) is 5.75 Å². The average Bonchev–Trinajstić information content (AvgIpc) is 2.84. The van der Waals surface area contributed by atoms with Crippen LogP contribution in [-0.4, -0.2) is 19.9 Å². The molecule has 2 heterocycles. The van der Waals surface area contributed by atoms with Gasteiger partial charge in [-0.2, -0.15) is 18.3 Å². The molecule has 0 aliphatic carbocycles. The summed E-state index contributed by atoms with van der Waals surface area (Å²) in [4.78, 5) is 14.7. The highest BCUT2D eigenvalue weighted by Crippen LogP contribution is 2.35. The van der Waals surface area contributed by atoms with Crippen LogP contribution in [0, 0.1) is 5.82 Å². The van der Waals surface area contributed by atoms with Crippen molar-refractivity contribution in [3.8, 4) is 17.0 Å². The van der Waals surface area contributed by atoms with Gasteiger partial charge in [0.05, 0.1) is 22.8 Å². The molecule has 0 radical (unpaired) electrons. The van der Waals surface area contributed by atoms with Gasteiger partial charge in [-0.3, -0.25) is 9.48 Å². The highest BCUT2D eigenvalue weighted by Gasteiger charge is 2.34. The van der Waals surface area contributed by atoms with Gasteiger partial charge in [0.25, 0.3) is 0 Å². The zero-order valence-electron chi connectivity index (χ0n) is 11.6. The molecule has 0 unspecified atom stereocenters. The largest absolute Gasteiger partial charge is 0.503 e. The predicted molar refractivity (Wildman–Crippen MR) is 73.4 cm³/mol. The van der Waals surface area contributed by atoms with E-state index in [1.807, 2.05) is 0 Å². The van der Waals surface area contributed by atoms with Gasteiger partial charge in [0.15, 0.2) is 5.75 Å². The summed E-state index contributed by atoms with van der Waals surface area (Å²) in [6, 6.07) is 2.20. The lowest BCUT2D eigenvalue weighted by Crippen LogP contribution is -2.09. The van der Waals surface area contributed by atoms with Gasteiger partial charge in [0.1, 0.15) is 11.5 Å². The van der Waals surface area contributed by atoms with Gasteiger partial charge in [-0.15, -0.1) is 0 Å². The van der Waals surface area contributed by atoms with Crippen LogP contribution in [-0.2, 0) is 13.2 Å². The second-order valence-corrected chi connectivity index (χ2v) is 4.90. The lowest BCUT2D eigenvalue weighted by atomic mass is 10.1. The van der Waals surface area contributed by atoms with Crippen molar-refractivity contribution in [2.24, 2.45) is 7.05 Å². The van der Waals surface area contributed by atoms with Crippen molar-refractivity contribution in [1.29, 1.82) is 0 Å². The molecule has 2 N–H and O–H groups in total. The van der Waals surface area contributed by atoms with Crippen LogP contribution in [0.25, 0.3) is 22.3 Å². The summed E-state index contributed by atoms with van der Waals surface area (Å²) < 4.78 is 53.1. The van der Waals surface area contributed by atoms with Crippen LogP contribution in [0.15, 0.2) is 29.2 Å². The van der Waals surface area contributed by atoms with Crippen molar-refractivity contribution >= 4 is 11.0 Å². The Balaban J connectivity index is 2.31. The highest BCUT2D eigenvalue weighted by atomic mass is 19.4. The molecule has 0 amide bonds. The quantitative estimate of drug-likeness (QED) is 0.675. The topological polar surface area (TPSA) is 70.9 Å². The molecule has 0 saturated heterocycles. The standard InChI is InChI=1S/C14H9F4N3O2/c1-21-13-7(5-19-21)11(22)12(23)10(20-13)6-2-3-9(15)8(4-6)14(16,17)18/h2-5,23H,1H3,(H,20,22). The number of rotatable bonds is 1. The number of aryl methyl sites for hydroxylation is 1. The predicted octanol–water partition coefficient (Wildman–Crippen LogP) is 2.79. The molecular weight excluding hydrogens is 318 g/mol. The zero-order valence-corrected chi connectivity index (χ0v) is 11.6. The summed E-state index contributed by atoms with van der Waals surface area (Å²) >= 11 is 0. The summed E-state index contributed by atoms with van der Waals surface area (Å²) in [6.45, 7) is 0. The summed E-state index contributed by atoms with van der Waals surface area (Å²) in [5, 5.41) is 13.9. The van der Waals surface area contributed by atoms with Gasteiger partial charge in [0, 0.05) is 12.6 Å². The van der Waals surface area contributed by atoms with Gasteiger partial charge in [-0.05, 0) is 18.2 Å². The van der Waals surface area contributed by atoms with Crippen molar-refractivity contribution in [2.75, 3.05) is 0 Å². The number of hydrogen-bond donors (Lipinski definition) is 2. The SMILES string of the molecule is Cn1ncc2c(=O)c(O)c(-c3ccc(F)c(C(F)(F)F)c3)[nH]c21. The number of nitrogens with one attached hydrogen (secondary N) is 1. The molecule has 2 aromatic heterocycles. The Morgan fingerprint density at radius 3 is 2.65 bits per heavy atom. The number of aromatic nitrogens is 3. The fraction of sp³-hybridized carbons (Fsp3) is 0.143. The third-order valence-electron chi connectivity index (χ3n) is 3.44. The van der Waals surface area contributed by atoms with Crippen molar-refractivity contribution in [1.82, 2.24) is 14.8 Å². The number of aromatic hydroxyl groups is 1. The van der Waals surface area contributed by atoms with Crippen LogP contribution in [0.1, 0.15) is 5.56 Å². The van der Waals surface area contributed by atoms with Crippen LogP contribution in [0.2, 0.25) is 0 Å². The minimum absolute atomic E-state index is 0.0897. The van der Waals surface area contributed by atoms with E-state index in [1.54, 1.807) is 0 Å². The molecule has 3 aromatic rings. The van der Waals surface area contributed by atoms with E-state index < -0.39 is 28.7 Å². The van der Waals surface area contributed by atoms with Gasteiger partial charge in [0.2, 0.25) is 5.43 Å². The Bertz CT molecular complexity index is 973. The lowest BCUT2D eigenvalue weighted by Gasteiger charge is -2.11. The van der Waals surface area contributed by atoms with Crippen molar-refractivity contribution in [2.45, 2.75) is 6.18 Å². The zero-order chi connectivity index (χ0) is 16.9. The molecule has 0 saturated carbocycles. The molecule has 5 nitrogen and oxygen atoms in total. The number of halogens is 4. The second-order valence-electron chi connectivity index (χ2n) is 4.90. The number of aromatic amines is 1. The van der Waals surface area contributed by atoms with Crippen molar-refractivity contribution < 1.29 is 22.7 Å². The first-order valence-corrected chi connectivity index (χ1v) is 6.34. The molecule has 9 heteroatoms. The smallest absolute Gasteiger partial charge is 0.419 e. The molecule has 120 valence electrons. The Morgan fingerprint density at radius 1 is 1.30 bits per heavy atom.